The number of ether oxygens (including phenoxy) is 1. The topological polar surface area (TPSA) is 76.1 Å². The fourth-order valence-corrected chi connectivity index (χ4v) is 2.34. The van der Waals surface area contributed by atoms with Gasteiger partial charge in [0.25, 0.3) is 5.91 Å². The lowest BCUT2D eigenvalue weighted by molar-refractivity contribution is 0.0921. The Labute approximate surface area is 119 Å². The van der Waals surface area contributed by atoms with Crippen LogP contribution < -0.4 is 10.6 Å². The molecular weight excluding hydrogens is 256 g/mol. The molecule has 1 amide bonds. The molecule has 1 aliphatic carbocycles. The summed E-state index contributed by atoms with van der Waals surface area (Å²) < 4.78 is 4.94. The highest BCUT2D eigenvalue weighted by molar-refractivity contribution is 5.92. The normalized spacial score (nSPS) is 15.8. The maximum absolute atomic E-state index is 12.0. The third kappa shape index (κ3) is 4.45. The monoisotopic (exact) mass is 278 g/mol. The van der Waals surface area contributed by atoms with E-state index in [9.17, 15) is 4.79 Å². The molecule has 0 spiro atoms. The van der Waals surface area contributed by atoms with Crippen LogP contribution in [0.25, 0.3) is 0 Å². The fourth-order valence-electron chi connectivity index (χ4n) is 2.34. The molecule has 1 aliphatic rings. The summed E-state index contributed by atoms with van der Waals surface area (Å²) >= 11 is 0. The van der Waals surface area contributed by atoms with Gasteiger partial charge in [0.1, 0.15) is 5.82 Å². The molecule has 1 aromatic rings. The third-order valence-corrected chi connectivity index (χ3v) is 3.45. The van der Waals surface area contributed by atoms with Crippen molar-refractivity contribution < 1.29 is 9.53 Å². The molecule has 6 nitrogen and oxygen atoms in total. The molecule has 20 heavy (non-hydrogen) atoms. The molecule has 2 N–H and O–H groups in total. The van der Waals surface area contributed by atoms with Crippen LogP contribution in [0.15, 0.2) is 12.1 Å². The number of rotatable bonds is 6. The van der Waals surface area contributed by atoms with E-state index in [0.717, 1.165) is 12.8 Å². The summed E-state index contributed by atoms with van der Waals surface area (Å²) in [7, 11) is 1.64. The SMILES string of the molecule is COCCNc1ccc(C(=O)NC2CCCCC2)nn1. The third-order valence-electron chi connectivity index (χ3n) is 3.45. The second-order valence-electron chi connectivity index (χ2n) is 5.03. The van der Waals surface area contributed by atoms with Crippen LogP contribution in [0.1, 0.15) is 42.6 Å². The van der Waals surface area contributed by atoms with Crippen LogP contribution in [0.4, 0.5) is 5.82 Å². The predicted octanol–water partition coefficient (Wildman–Crippen LogP) is 1.60. The van der Waals surface area contributed by atoms with Crippen molar-refractivity contribution in [2.24, 2.45) is 0 Å². The summed E-state index contributed by atoms with van der Waals surface area (Å²) in [5, 5.41) is 14.0. The Morgan fingerprint density at radius 2 is 2.10 bits per heavy atom. The van der Waals surface area contributed by atoms with Gasteiger partial charge in [0.2, 0.25) is 0 Å². The van der Waals surface area contributed by atoms with Crippen LogP contribution in [0.3, 0.4) is 0 Å². The Hall–Kier alpha value is -1.69. The number of hydrogen-bond acceptors (Lipinski definition) is 5. The van der Waals surface area contributed by atoms with Crippen molar-refractivity contribution in [3.8, 4) is 0 Å². The number of amides is 1. The van der Waals surface area contributed by atoms with Crippen molar-refractivity contribution in [2.75, 3.05) is 25.6 Å². The van der Waals surface area contributed by atoms with E-state index in [1.807, 2.05) is 0 Å². The zero-order valence-electron chi connectivity index (χ0n) is 11.9. The summed E-state index contributed by atoms with van der Waals surface area (Å²) in [6.07, 6.45) is 5.79. The van der Waals surface area contributed by atoms with E-state index in [-0.39, 0.29) is 11.9 Å². The van der Waals surface area contributed by atoms with Crippen molar-refractivity contribution in [3.63, 3.8) is 0 Å². The molecule has 0 radical (unpaired) electrons. The van der Waals surface area contributed by atoms with Crippen LogP contribution in [-0.4, -0.2) is 42.4 Å². The average molecular weight is 278 g/mol. The highest BCUT2D eigenvalue weighted by atomic mass is 16.5. The van der Waals surface area contributed by atoms with Gasteiger partial charge in [-0.2, -0.15) is 0 Å². The Bertz CT molecular complexity index is 416. The second-order valence-corrected chi connectivity index (χ2v) is 5.03. The first-order valence-electron chi connectivity index (χ1n) is 7.17. The summed E-state index contributed by atoms with van der Waals surface area (Å²) in [5.74, 6) is 0.518. The van der Waals surface area contributed by atoms with Gasteiger partial charge < -0.3 is 15.4 Å². The molecule has 1 fully saturated rings. The first-order valence-corrected chi connectivity index (χ1v) is 7.17. The molecule has 1 saturated carbocycles. The van der Waals surface area contributed by atoms with Crippen molar-refractivity contribution in [2.45, 2.75) is 38.1 Å². The van der Waals surface area contributed by atoms with Gasteiger partial charge in [0, 0.05) is 19.7 Å². The lowest BCUT2D eigenvalue weighted by atomic mass is 9.95. The van der Waals surface area contributed by atoms with E-state index in [0.29, 0.717) is 24.7 Å². The Morgan fingerprint density at radius 3 is 2.75 bits per heavy atom. The summed E-state index contributed by atoms with van der Waals surface area (Å²) in [6, 6.07) is 3.75. The van der Waals surface area contributed by atoms with Crippen LogP contribution in [-0.2, 0) is 4.74 Å². The molecule has 0 unspecified atom stereocenters. The molecule has 110 valence electrons. The van der Waals surface area contributed by atoms with Crippen LogP contribution >= 0.6 is 0 Å². The van der Waals surface area contributed by atoms with E-state index in [1.54, 1.807) is 19.2 Å². The van der Waals surface area contributed by atoms with Gasteiger partial charge in [0.15, 0.2) is 5.69 Å². The average Bonchev–Trinajstić information content (AvgIpc) is 2.49. The van der Waals surface area contributed by atoms with E-state index in [1.165, 1.54) is 19.3 Å². The van der Waals surface area contributed by atoms with E-state index in [4.69, 9.17) is 4.74 Å². The minimum atomic E-state index is -0.132. The summed E-state index contributed by atoms with van der Waals surface area (Å²) in [4.78, 5) is 12.0. The minimum Gasteiger partial charge on any atom is -0.383 e. The van der Waals surface area contributed by atoms with Gasteiger partial charge >= 0.3 is 0 Å². The van der Waals surface area contributed by atoms with Crippen molar-refractivity contribution in [1.29, 1.82) is 0 Å². The van der Waals surface area contributed by atoms with Gasteiger partial charge in [-0.25, -0.2) is 0 Å². The van der Waals surface area contributed by atoms with Crippen molar-refractivity contribution in [3.05, 3.63) is 17.8 Å². The zero-order chi connectivity index (χ0) is 14.2. The number of anilines is 1. The predicted molar refractivity (Wildman–Crippen MR) is 76.7 cm³/mol. The number of carbonyl (C=O) groups is 1. The fraction of sp³-hybridized carbons (Fsp3) is 0.643. The van der Waals surface area contributed by atoms with E-state index < -0.39 is 0 Å². The highest BCUT2D eigenvalue weighted by Gasteiger charge is 2.17. The minimum absolute atomic E-state index is 0.132. The quantitative estimate of drug-likeness (QED) is 0.773. The molecule has 6 heteroatoms. The molecule has 0 atom stereocenters. The van der Waals surface area contributed by atoms with Gasteiger partial charge in [-0.15, -0.1) is 10.2 Å². The van der Waals surface area contributed by atoms with E-state index >= 15 is 0 Å². The summed E-state index contributed by atoms with van der Waals surface area (Å²) in [6.45, 7) is 1.27. The Balaban J connectivity index is 1.83. The highest BCUT2D eigenvalue weighted by Crippen LogP contribution is 2.17. The van der Waals surface area contributed by atoms with Crippen molar-refractivity contribution >= 4 is 11.7 Å². The maximum Gasteiger partial charge on any atom is 0.272 e. The van der Waals surface area contributed by atoms with Crippen LogP contribution in [0.5, 0.6) is 0 Å². The number of methoxy groups -OCH3 is 1. The van der Waals surface area contributed by atoms with E-state index in [2.05, 4.69) is 20.8 Å². The van der Waals surface area contributed by atoms with Gasteiger partial charge in [-0.1, -0.05) is 19.3 Å². The Morgan fingerprint density at radius 1 is 1.30 bits per heavy atom. The molecular formula is C14H22N4O2. The maximum atomic E-state index is 12.0. The first kappa shape index (κ1) is 14.7. The largest absolute Gasteiger partial charge is 0.383 e. The molecule has 1 aromatic heterocycles. The lowest BCUT2D eigenvalue weighted by Crippen LogP contribution is -2.36. The van der Waals surface area contributed by atoms with Crippen LogP contribution in [0, 0.1) is 0 Å². The van der Waals surface area contributed by atoms with Gasteiger partial charge in [-0.05, 0) is 25.0 Å². The van der Waals surface area contributed by atoms with Gasteiger partial charge in [0.05, 0.1) is 6.61 Å². The van der Waals surface area contributed by atoms with Gasteiger partial charge in [-0.3, -0.25) is 4.79 Å². The molecule has 0 aliphatic heterocycles. The number of aromatic nitrogens is 2. The smallest absolute Gasteiger partial charge is 0.272 e. The lowest BCUT2D eigenvalue weighted by Gasteiger charge is -2.22. The first-order chi connectivity index (χ1) is 9.79. The number of hydrogen-bond donors (Lipinski definition) is 2. The Kier molecular flexibility index (Phi) is 5.73. The second kappa shape index (κ2) is 7.79. The number of nitrogens with zero attached hydrogens (tertiary/aromatic N) is 2. The standard InChI is InChI=1S/C14H22N4O2/c1-20-10-9-15-13-8-7-12(17-18-13)14(19)16-11-5-3-2-4-6-11/h7-8,11H,2-6,9-10H2,1H3,(H,15,18)(H,16,19). The number of nitrogens with one attached hydrogen (secondary N) is 2. The molecule has 0 aromatic carbocycles. The van der Waals surface area contributed by atoms with Crippen molar-refractivity contribution in [1.82, 2.24) is 15.5 Å². The van der Waals surface area contributed by atoms with Crippen LogP contribution in [0.2, 0.25) is 0 Å². The summed E-state index contributed by atoms with van der Waals surface area (Å²) in [5.41, 5.74) is 0.368. The molecule has 0 saturated heterocycles. The molecule has 0 bridgehead atoms. The molecule has 2 rings (SSSR count). The number of carbonyl (C=O) groups excluding carboxylic acids is 1. The zero-order valence-corrected chi connectivity index (χ0v) is 11.9. The molecule has 1 heterocycles.